The molecule has 0 aliphatic rings. The van der Waals surface area contributed by atoms with Crippen LogP contribution in [0.15, 0.2) is 70.6 Å². The molecule has 41 heavy (non-hydrogen) atoms. The molecule has 0 saturated carbocycles. The fourth-order valence-corrected chi connectivity index (χ4v) is 5.94. The molecule has 3 heteroatoms. The van der Waals surface area contributed by atoms with Crippen molar-refractivity contribution >= 4 is 23.8 Å². The molecule has 0 bridgehead atoms. The quantitative estimate of drug-likeness (QED) is 0.143. The molecule has 0 unspecified atom stereocenters. The zero-order valence-electron chi connectivity index (χ0n) is 26.3. The molecule has 216 valence electrons. The molecular weight excluding hydrogens is 591 g/mol. The van der Waals surface area contributed by atoms with Gasteiger partial charge in [0, 0.05) is 44.0 Å². The zero-order valence-corrected chi connectivity index (χ0v) is 27.8. The van der Waals surface area contributed by atoms with Crippen LogP contribution in [0.25, 0.3) is 22.3 Å². The number of hydrogen-bond acceptors (Lipinski definition) is 2. The van der Waals surface area contributed by atoms with Crippen molar-refractivity contribution in [3.8, 4) is 22.3 Å². The summed E-state index contributed by atoms with van der Waals surface area (Å²) < 4.78 is 0. The Morgan fingerprint density at radius 2 is 0.878 bits per heavy atom. The van der Waals surface area contributed by atoms with Crippen LogP contribution >= 0.6 is 0 Å². The van der Waals surface area contributed by atoms with E-state index in [9.17, 15) is 0 Å². The summed E-state index contributed by atoms with van der Waals surface area (Å²) in [5.74, 6) is 0.850. The molecule has 0 amide bonds. The minimum atomic E-state index is 0. The standard InChI is InChI=1S/C38H44N2.Pd/c1-23(2)31-15-11-13-27(7)35(31)33-21-25(5)19-29(9)37(33)39-17-18-40-38-30(10)20-26(6)22-34(38)36-28(8)14-12-16-32(36)24(3)4;/h11-24H,1-10H3;. The average molecular weight is 635 g/mol. The van der Waals surface area contributed by atoms with Gasteiger partial charge in [-0.2, -0.15) is 0 Å². The number of benzene rings is 4. The number of aryl methyl sites for hydroxylation is 6. The Morgan fingerprint density at radius 1 is 0.512 bits per heavy atom. The van der Waals surface area contributed by atoms with Crippen LogP contribution < -0.4 is 0 Å². The van der Waals surface area contributed by atoms with Crippen molar-refractivity contribution in [1.29, 1.82) is 0 Å². The molecule has 0 saturated heterocycles. The molecule has 0 heterocycles. The van der Waals surface area contributed by atoms with Crippen molar-refractivity contribution in [1.82, 2.24) is 0 Å². The molecule has 0 aliphatic carbocycles. The van der Waals surface area contributed by atoms with Crippen LogP contribution in [0, 0.1) is 41.5 Å². The van der Waals surface area contributed by atoms with E-state index in [0.717, 1.165) is 11.4 Å². The van der Waals surface area contributed by atoms with E-state index in [1.807, 2.05) is 12.4 Å². The van der Waals surface area contributed by atoms with Crippen molar-refractivity contribution < 1.29 is 20.4 Å². The summed E-state index contributed by atoms with van der Waals surface area (Å²) in [4.78, 5) is 10.0. The minimum absolute atomic E-state index is 0. The number of rotatable bonds is 7. The average Bonchev–Trinajstić information content (AvgIpc) is 2.87. The summed E-state index contributed by atoms with van der Waals surface area (Å²) in [7, 11) is 0. The van der Waals surface area contributed by atoms with E-state index in [4.69, 9.17) is 9.98 Å². The van der Waals surface area contributed by atoms with Gasteiger partial charge < -0.3 is 0 Å². The SMILES string of the molecule is Cc1cc(C)c(N=CC=Nc2c(C)cc(C)cc2-c2c(C)cccc2C(C)C)c(-c2c(C)cccc2C(C)C)c1.[Pd]. The Hall–Kier alpha value is -3.12. The monoisotopic (exact) mass is 634 g/mol. The van der Waals surface area contributed by atoms with E-state index >= 15 is 0 Å². The first-order valence-electron chi connectivity index (χ1n) is 14.5. The second kappa shape index (κ2) is 13.7. The Labute approximate surface area is 261 Å². The van der Waals surface area contributed by atoms with Crippen LogP contribution in [0.4, 0.5) is 11.4 Å². The van der Waals surface area contributed by atoms with Gasteiger partial charge in [0.25, 0.3) is 0 Å². The number of aliphatic imine (C=N–C) groups is 2. The maximum atomic E-state index is 5.02. The molecule has 0 atom stereocenters. The first-order valence-corrected chi connectivity index (χ1v) is 14.5. The molecule has 0 N–H and O–H groups in total. The van der Waals surface area contributed by atoms with Crippen molar-refractivity contribution in [3.63, 3.8) is 0 Å². The molecule has 0 radical (unpaired) electrons. The minimum Gasteiger partial charge on any atom is -0.254 e. The fraction of sp³-hybridized carbons (Fsp3) is 0.316. The van der Waals surface area contributed by atoms with Crippen molar-refractivity contribution in [2.75, 3.05) is 0 Å². The summed E-state index contributed by atoms with van der Waals surface area (Å²) in [6.45, 7) is 22.1. The van der Waals surface area contributed by atoms with E-state index in [0.29, 0.717) is 11.8 Å². The molecular formula is C38H44N2Pd. The van der Waals surface area contributed by atoms with Crippen molar-refractivity contribution in [2.45, 2.75) is 81.1 Å². The van der Waals surface area contributed by atoms with E-state index in [-0.39, 0.29) is 20.4 Å². The van der Waals surface area contributed by atoms with Crippen LogP contribution in [0.3, 0.4) is 0 Å². The summed E-state index contributed by atoms with van der Waals surface area (Å²) in [6, 6.07) is 22.2. The second-order valence-corrected chi connectivity index (χ2v) is 11.9. The van der Waals surface area contributed by atoms with E-state index in [2.05, 4.69) is 130 Å². The summed E-state index contributed by atoms with van der Waals surface area (Å²) in [6.07, 6.45) is 3.72. The van der Waals surface area contributed by atoms with Crippen LogP contribution in [0.2, 0.25) is 0 Å². The smallest absolute Gasteiger partial charge is 0.0738 e. The molecule has 0 aliphatic heterocycles. The molecule has 0 fully saturated rings. The normalized spacial score (nSPS) is 11.7. The van der Waals surface area contributed by atoms with E-state index < -0.39 is 0 Å². The van der Waals surface area contributed by atoms with Gasteiger partial charge in [-0.3, -0.25) is 9.98 Å². The van der Waals surface area contributed by atoms with E-state index in [1.54, 1.807) is 0 Å². The zero-order chi connectivity index (χ0) is 29.1. The Bertz CT molecular complexity index is 1480. The topological polar surface area (TPSA) is 24.7 Å². The van der Waals surface area contributed by atoms with Gasteiger partial charge in [-0.05, 0) is 110 Å². The first-order chi connectivity index (χ1) is 19.0. The third kappa shape index (κ3) is 7.03. The van der Waals surface area contributed by atoms with Gasteiger partial charge in [-0.15, -0.1) is 0 Å². The first kappa shape index (κ1) is 32.4. The van der Waals surface area contributed by atoms with Crippen LogP contribution in [0.1, 0.15) is 84.0 Å². The van der Waals surface area contributed by atoms with Crippen molar-refractivity contribution in [3.05, 3.63) is 105 Å². The van der Waals surface area contributed by atoms with Crippen LogP contribution in [-0.4, -0.2) is 12.4 Å². The Balaban J connectivity index is 0.00000462. The molecule has 0 aromatic heterocycles. The predicted molar refractivity (Wildman–Crippen MR) is 177 cm³/mol. The second-order valence-electron chi connectivity index (χ2n) is 11.9. The van der Waals surface area contributed by atoms with E-state index in [1.165, 1.54) is 66.8 Å². The molecule has 4 aromatic rings. The summed E-state index contributed by atoms with van der Waals surface area (Å²) >= 11 is 0. The number of hydrogen-bond donors (Lipinski definition) is 0. The van der Waals surface area contributed by atoms with Gasteiger partial charge in [-0.1, -0.05) is 87.4 Å². The van der Waals surface area contributed by atoms with Gasteiger partial charge in [-0.25, -0.2) is 0 Å². The van der Waals surface area contributed by atoms with Crippen LogP contribution in [0.5, 0.6) is 0 Å². The molecule has 2 nitrogen and oxygen atoms in total. The molecule has 4 rings (SSSR count). The number of nitrogens with zero attached hydrogens (tertiary/aromatic N) is 2. The summed E-state index contributed by atoms with van der Waals surface area (Å²) in [5, 5.41) is 0. The Morgan fingerprint density at radius 3 is 1.22 bits per heavy atom. The maximum Gasteiger partial charge on any atom is 0.0738 e. The van der Waals surface area contributed by atoms with Gasteiger partial charge in [0.15, 0.2) is 0 Å². The fourth-order valence-electron chi connectivity index (χ4n) is 5.94. The third-order valence-electron chi connectivity index (χ3n) is 7.76. The molecule has 0 spiro atoms. The molecule has 4 aromatic carbocycles. The maximum absolute atomic E-state index is 5.02. The van der Waals surface area contributed by atoms with Gasteiger partial charge in [0.2, 0.25) is 0 Å². The predicted octanol–water partition coefficient (Wildman–Crippen LogP) is 11.2. The van der Waals surface area contributed by atoms with Crippen molar-refractivity contribution in [2.24, 2.45) is 9.98 Å². The van der Waals surface area contributed by atoms with Gasteiger partial charge in [0.05, 0.1) is 11.4 Å². The third-order valence-corrected chi connectivity index (χ3v) is 7.76. The summed E-state index contributed by atoms with van der Waals surface area (Å²) in [5.41, 5.74) is 17.1. The van der Waals surface area contributed by atoms with Crippen LogP contribution in [-0.2, 0) is 20.4 Å². The largest absolute Gasteiger partial charge is 0.254 e. The van der Waals surface area contributed by atoms with Gasteiger partial charge in [0.1, 0.15) is 0 Å². The Kier molecular flexibility index (Phi) is 10.8. The van der Waals surface area contributed by atoms with Gasteiger partial charge >= 0.3 is 0 Å².